The molecular weight excluding hydrogens is 1060 g/mol. The molecule has 83 heavy (non-hydrogen) atoms. The highest BCUT2D eigenvalue weighted by atomic mass is 16.2. The van der Waals surface area contributed by atoms with Crippen molar-refractivity contribution in [3.05, 3.63) is 0 Å². The van der Waals surface area contributed by atoms with Crippen LogP contribution in [-0.2, 0) is 47.9 Å². The average molecular weight is 1170 g/mol. The molecule has 0 bridgehead atoms. The van der Waals surface area contributed by atoms with E-state index in [4.69, 9.17) is 0 Å². The fourth-order valence-corrected chi connectivity index (χ4v) is 9.99. The lowest BCUT2D eigenvalue weighted by Crippen LogP contribution is -2.65. The smallest absolute Gasteiger partial charge is 0.246 e. The molecule has 21 nitrogen and oxygen atoms in total. The minimum atomic E-state index is -1.62. The Balaban J connectivity index is 3.20. The van der Waals surface area contributed by atoms with E-state index < -0.39 is 94.1 Å². The molecule has 4 unspecified atom stereocenters. The van der Waals surface area contributed by atoms with Crippen molar-refractivity contribution in [3.8, 4) is 0 Å². The van der Waals surface area contributed by atoms with Crippen LogP contribution >= 0.6 is 0 Å². The molecule has 1 fully saturated rings. The highest BCUT2D eigenvalue weighted by Gasteiger charge is 2.41. The molecule has 0 aromatic carbocycles. The number of nitrogens with one attached hydrogen (secondary N) is 9. The van der Waals surface area contributed by atoms with Gasteiger partial charge in [0.2, 0.25) is 59.1 Å². The van der Waals surface area contributed by atoms with Crippen molar-refractivity contribution in [2.75, 3.05) is 39.3 Å². The quantitative estimate of drug-likeness (QED) is 0.0329. The molecule has 1 aliphatic rings. The number of hydrogen-bond acceptors (Lipinski definition) is 11. The van der Waals surface area contributed by atoms with E-state index in [-0.39, 0.29) is 61.8 Å². The second kappa shape index (κ2) is 38.6. The van der Waals surface area contributed by atoms with E-state index in [1.165, 1.54) is 41.5 Å². The molecule has 0 aromatic heterocycles. The number of nitrogens with zero attached hydrogens (tertiary/aromatic N) is 2. The molecule has 9 N–H and O–H groups in total. The Labute approximate surface area is 499 Å². The fraction of sp³-hybridized carbons (Fsp3) is 0.839. The fourth-order valence-electron chi connectivity index (χ4n) is 9.99. The Hall–Kier alpha value is -5.34. The number of carbonyl (C=O) groups excluding carboxylic acids is 10. The summed E-state index contributed by atoms with van der Waals surface area (Å²) in [5, 5.41) is 25.3. The topological polar surface area (TPSA) is 285 Å². The third-order valence-corrected chi connectivity index (χ3v) is 14.8. The van der Waals surface area contributed by atoms with Crippen LogP contribution in [0.2, 0.25) is 0 Å². The third-order valence-electron chi connectivity index (χ3n) is 14.8. The summed E-state index contributed by atoms with van der Waals surface area (Å²) in [4.78, 5) is 142. The molecule has 21 heteroatoms. The third kappa shape index (κ3) is 29.4. The van der Waals surface area contributed by atoms with E-state index >= 15 is 0 Å². The summed E-state index contributed by atoms with van der Waals surface area (Å²) in [6, 6.07) is -5.08. The van der Waals surface area contributed by atoms with Crippen molar-refractivity contribution in [1.29, 1.82) is 0 Å². The predicted octanol–water partition coefficient (Wildman–Crippen LogP) is 5.81. The van der Waals surface area contributed by atoms with Crippen LogP contribution in [0.5, 0.6) is 0 Å². The second-order valence-corrected chi connectivity index (χ2v) is 25.9. The van der Waals surface area contributed by atoms with Gasteiger partial charge in [0.05, 0.1) is 0 Å². The Bertz CT molecular complexity index is 2060. The first-order valence-corrected chi connectivity index (χ1v) is 31.6. The number of unbranched alkanes of at least 4 members (excludes halogenated alkanes) is 7. The summed E-state index contributed by atoms with van der Waals surface area (Å²) in [5.74, 6) is -5.39. The van der Waals surface area contributed by atoms with Gasteiger partial charge in [-0.05, 0) is 130 Å². The monoisotopic (exact) mass is 1170 g/mol. The number of carbonyl (C=O) groups is 10. The Morgan fingerprint density at radius 2 is 0.940 bits per heavy atom. The molecule has 0 radical (unpaired) electrons. The molecule has 0 spiro atoms. The van der Waals surface area contributed by atoms with Crippen molar-refractivity contribution >= 4 is 59.1 Å². The van der Waals surface area contributed by atoms with Crippen LogP contribution < -0.4 is 47.9 Å². The summed E-state index contributed by atoms with van der Waals surface area (Å²) < 4.78 is 0. The normalized spacial score (nSPS) is 15.3. The molecule has 5 atom stereocenters. The summed E-state index contributed by atoms with van der Waals surface area (Å²) in [5.41, 5.74) is -4.64. The lowest BCUT2D eigenvalue weighted by Gasteiger charge is -2.34. The first-order valence-electron chi connectivity index (χ1n) is 31.6. The molecule has 1 aliphatic heterocycles. The maximum absolute atomic E-state index is 14.3. The maximum Gasteiger partial charge on any atom is 0.246 e. The zero-order chi connectivity index (χ0) is 63.1. The zero-order valence-corrected chi connectivity index (χ0v) is 54.3. The zero-order valence-electron chi connectivity index (χ0n) is 54.3. The summed E-state index contributed by atoms with van der Waals surface area (Å²) in [6.07, 6.45) is 12.8. The molecular formula is C62H115N11O10. The molecule has 10 amide bonds. The van der Waals surface area contributed by atoms with Crippen LogP contribution in [-0.4, -0.2) is 155 Å². The molecule has 478 valence electrons. The van der Waals surface area contributed by atoms with E-state index in [2.05, 4.69) is 80.4 Å². The van der Waals surface area contributed by atoms with E-state index in [1.54, 1.807) is 4.90 Å². The van der Waals surface area contributed by atoms with Gasteiger partial charge in [-0.1, -0.05) is 121 Å². The van der Waals surface area contributed by atoms with Gasteiger partial charge < -0.3 is 57.7 Å². The first-order chi connectivity index (χ1) is 38.8. The van der Waals surface area contributed by atoms with Gasteiger partial charge in [0.1, 0.15) is 46.8 Å². The van der Waals surface area contributed by atoms with Gasteiger partial charge >= 0.3 is 0 Å². The Morgan fingerprint density at radius 3 is 1.46 bits per heavy atom. The van der Waals surface area contributed by atoms with Gasteiger partial charge in [-0.3, -0.25) is 47.9 Å². The average Bonchev–Trinajstić information content (AvgIpc) is 3.91. The van der Waals surface area contributed by atoms with Crippen LogP contribution in [0.1, 0.15) is 233 Å². The molecule has 1 rings (SSSR count). The van der Waals surface area contributed by atoms with Gasteiger partial charge in [-0.25, -0.2) is 0 Å². The van der Waals surface area contributed by atoms with Crippen molar-refractivity contribution in [2.45, 2.75) is 280 Å². The van der Waals surface area contributed by atoms with Crippen LogP contribution in [0.15, 0.2) is 0 Å². The molecule has 1 heterocycles. The van der Waals surface area contributed by atoms with Crippen LogP contribution in [0.25, 0.3) is 0 Å². The van der Waals surface area contributed by atoms with Crippen LogP contribution in [0.3, 0.4) is 0 Å². The Morgan fingerprint density at radius 1 is 0.470 bits per heavy atom. The molecule has 0 aromatic rings. The predicted molar refractivity (Wildman–Crippen MR) is 327 cm³/mol. The first kappa shape index (κ1) is 75.7. The van der Waals surface area contributed by atoms with Crippen molar-refractivity contribution in [2.24, 2.45) is 17.8 Å². The lowest BCUT2D eigenvalue weighted by atomic mass is 9.96. The standard InChI is InChI=1S/C62H115N11O10/c1-17-21-23-24-25-27-29-45(65-56(80)49-30-28-37-73(49)51(75)31-26-22-18-2)52(76)66-47(40-43(7)8)54(78)69-61(13,14)58(82)68-46(39-42(5)6)53(77)67-48(41-44(9)10)55(79)70-62(15,16)59(83)71-60(11,12)57(81)64-33-32-50(74)63-34-38-72(35-19-3)36-20-4/h42-49H,17-41H2,1-16H3,(H,63,74)(H,64,81)(H,65,80)(H,66,76)(H,67,77)(H,68,82)(H,69,78)(H,70,79)(H,71,83)/t45?,46?,47?,48?,49-/m0/s1. The summed E-state index contributed by atoms with van der Waals surface area (Å²) >= 11 is 0. The summed E-state index contributed by atoms with van der Waals surface area (Å²) in [6.45, 7) is 32.3. The molecule has 0 saturated carbocycles. The van der Waals surface area contributed by atoms with E-state index in [0.29, 0.717) is 45.2 Å². The summed E-state index contributed by atoms with van der Waals surface area (Å²) in [7, 11) is 0. The number of rotatable bonds is 42. The van der Waals surface area contributed by atoms with Gasteiger partial charge in [0.15, 0.2) is 0 Å². The van der Waals surface area contributed by atoms with Crippen molar-refractivity contribution < 1.29 is 47.9 Å². The SMILES string of the molecule is CCCCCCCCC(NC(=O)[C@@H]1CCCN1C(=O)CCCCC)C(=O)NC(CC(C)C)C(=O)NC(C)(C)C(=O)NC(CC(C)C)C(=O)NC(CC(C)C)C(=O)NC(C)(C)C(=O)NC(C)(C)C(=O)NCCC(=O)NCCN(CCC)CCC. The highest BCUT2D eigenvalue weighted by molar-refractivity contribution is 6.00. The second-order valence-electron chi connectivity index (χ2n) is 25.9. The van der Waals surface area contributed by atoms with Gasteiger partial charge in [0, 0.05) is 39.0 Å². The van der Waals surface area contributed by atoms with Gasteiger partial charge in [-0.2, -0.15) is 0 Å². The number of hydrogen-bond donors (Lipinski definition) is 9. The maximum atomic E-state index is 14.3. The number of likely N-dealkylation sites (tertiary alicyclic amines) is 1. The van der Waals surface area contributed by atoms with Crippen LogP contribution in [0.4, 0.5) is 0 Å². The number of amides is 10. The Kier molecular flexibility index (Phi) is 35.2. The van der Waals surface area contributed by atoms with E-state index in [9.17, 15) is 47.9 Å². The minimum absolute atomic E-state index is 0.0472. The highest BCUT2D eigenvalue weighted by Crippen LogP contribution is 2.21. The molecule has 1 saturated heterocycles. The van der Waals surface area contributed by atoms with Crippen molar-refractivity contribution in [1.82, 2.24) is 57.7 Å². The van der Waals surface area contributed by atoms with E-state index in [0.717, 1.165) is 83.8 Å². The van der Waals surface area contributed by atoms with E-state index in [1.807, 2.05) is 41.5 Å². The van der Waals surface area contributed by atoms with Crippen molar-refractivity contribution in [3.63, 3.8) is 0 Å². The minimum Gasteiger partial charge on any atom is -0.355 e. The van der Waals surface area contributed by atoms with Gasteiger partial charge in [0.25, 0.3) is 0 Å². The largest absolute Gasteiger partial charge is 0.355 e. The van der Waals surface area contributed by atoms with Gasteiger partial charge in [-0.15, -0.1) is 0 Å². The van der Waals surface area contributed by atoms with Crippen LogP contribution in [0, 0.1) is 17.8 Å². The molecule has 0 aliphatic carbocycles. The lowest BCUT2D eigenvalue weighted by molar-refractivity contribution is -0.140.